The minimum absolute atomic E-state index is 0.241. The van der Waals surface area contributed by atoms with Gasteiger partial charge in [-0.15, -0.1) is 0 Å². The van der Waals surface area contributed by atoms with E-state index in [4.69, 9.17) is 0 Å². The van der Waals surface area contributed by atoms with Crippen LogP contribution in [0.1, 0.15) is 20.3 Å². The summed E-state index contributed by atoms with van der Waals surface area (Å²) in [6.45, 7) is 9.06. The highest BCUT2D eigenvalue weighted by atomic mass is 16.3. The Morgan fingerprint density at radius 1 is 1.35 bits per heavy atom. The number of aliphatic hydroxyl groups excluding tert-OH is 1. The Morgan fingerprint density at radius 2 is 2.06 bits per heavy atom. The van der Waals surface area contributed by atoms with Crippen LogP contribution in [-0.4, -0.2) is 73.9 Å². The molecular formula is C13H29N3O. The van der Waals surface area contributed by atoms with Crippen LogP contribution < -0.4 is 5.32 Å². The average molecular weight is 243 g/mol. The first kappa shape index (κ1) is 14.9. The Hall–Kier alpha value is -0.160. The first-order valence-corrected chi connectivity index (χ1v) is 6.76. The first-order valence-electron chi connectivity index (χ1n) is 6.76. The van der Waals surface area contributed by atoms with Crippen molar-refractivity contribution in [3.8, 4) is 0 Å². The zero-order valence-electron chi connectivity index (χ0n) is 11.8. The fourth-order valence-electron chi connectivity index (χ4n) is 2.30. The van der Waals surface area contributed by atoms with Crippen molar-refractivity contribution in [3.05, 3.63) is 0 Å². The maximum atomic E-state index is 9.93. The predicted molar refractivity (Wildman–Crippen MR) is 72.2 cm³/mol. The minimum atomic E-state index is -0.241. The van der Waals surface area contributed by atoms with E-state index in [0.717, 1.165) is 26.2 Å². The van der Waals surface area contributed by atoms with E-state index in [2.05, 4.69) is 43.1 Å². The summed E-state index contributed by atoms with van der Waals surface area (Å²) in [5.74, 6) is 0.645. The normalized spacial score (nSPS) is 23.8. The van der Waals surface area contributed by atoms with Crippen molar-refractivity contribution in [2.24, 2.45) is 5.92 Å². The van der Waals surface area contributed by atoms with Gasteiger partial charge in [-0.1, -0.05) is 13.8 Å². The van der Waals surface area contributed by atoms with Gasteiger partial charge in [-0.2, -0.15) is 0 Å². The van der Waals surface area contributed by atoms with E-state index in [-0.39, 0.29) is 6.10 Å². The summed E-state index contributed by atoms with van der Waals surface area (Å²) in [7, 11) is 4.27. The predicted octanol–water partition coefficient (Wildman–Crippen LogP) is 0.229. The third kappa shape index (κ3) is 5.82. The molecule has 2 atom stereocenters. The van der Waals surface area contributed by atoms with Crippen LogP contribution >= 0.6 is 0 Å². The molecule has 17 heavy (non-hydrogen) atoms. The van der Waals surface area contributed by atoms with Gasteiger partial charge in [0.05, 0.1) is 6.10 Å². The summed E-state index contributed by atoms with van der Waals surface area (Å²) >= 11 is 0. The summed E-state index contributed by atoms with van der Waals surface area (Å²) in [5.41, 5.74) is 0. The number of likely N-dealkylation sites (tertiary alicyclic amines) is 1. The van der Waals surface area contributed by atoms with Crippen molar-refractivity contribution >= 4 is 0 Å². The van der Waals surface area contributed by atoms with Crippen LogP contribution in [0.5, 0.6) is 0 Å². The molecular weight excluding hydrogens is 214 g/mol. The summed E-state index contributed by atoms with van der Waals surface area (Å²) in [4.78, 5) is 4.65. The van der Waals surface area contributed by atoms with Gasteiger partial charge >= 0.3 is 0 Å². The van der Waals surface area contributed by atoms with E-state index < -0.39 is 0 Å². The molecule has 4 heteroatoms. The molecule has 2 unspecified atom stereocenters. The molecule has 0 aromatic heterocycles. The van der Waals surface area contributed by atoms with Crippen molar-refractivity contribution in [1.29, 1.82) is 0 Å². The molecule has 102 valence electrons. The third-order valence-corrected chi connectivity index (χ3v) is 3.38. The van der Waals surface area contributed by atoms with E-state index in [9.17, 15) is 5.11 Å². The molecule has 0 aromatic rings. The molecule has 1 aliphatic heterocycles. The highest BCUT2D eigenvalue weighted by molar-refractivity contribution is 4.82. The topological polar surface area (TPSA) is 38.7 Å². The standard InChI is InChI=1S/C13H29N3O/c1-11(2)7-14-8-13(17)10-16-6-5-12(9-16)15(3)4/h11-14,17H,5-10H2,1-4H3. The monoisotopic (exact) mass is 243 g/mol. The molecule has 4 nitrogen and oxygen atoms in total. The Morgan fingerprint density at radius 3 is 2.59 bits per heavy atom. The number of hydrogen-bond donors (Lipinski definition) is 2. The van der Waals surface area contributed by atoms with Crippen LogP contribution in [0.25, 0.3) is 0 Å². The van der Waals surface area contributed by atoms with Crippen molar-refractivity contribution < 1.29 is 5.11 Å². The maximum Gasteiger partial charge on any atom is 0.0791 e. The minimum Gasteiger partial charge on any atom is -0.390 e. The van der Waals surface area contributed by atoms with Crippen LogP contribution in [0.15, 0.2) is 0 Å². The largest absolute Gasteiger partial charge is 0.390 e. The Balaban J connectivity index is 2.13. The van der Waals surface area contributed by atoms with Gasteiger partial charge in [0, 0.05) is 25.7 Å². The number of nitrogens with one attached hydrogen (secondary N) is 1. The fraction of sp³-hybridized carbons (Fsp3) is 1.00. The van der Waals surface area contributed by atoms with Crippen LogP contribution in [0, 0.1) is 5.92 Å². The van der Waals surface area contributed by atoms with Gasteiger partial charge in [0.15, 0.2) is 0 Å². The molecule has 0 spiro atoms. The number of aliphatic hydroxyl groups is 1. The zero-order chi connectivity index (χ0) is 12.8. The molecule has 1 aliphatic rings. The van der Waals surface area contributed by atoms with Crippen molar-refractivity contribution in [3.63, 3.8) is 0 Å². The molecule has 0 amide bonds. The van der Waals surface area contributed by atoms with Gasteiger partial charge < -0.3 is 15.3 Å². The molecule has 0 saturated carbocycles. The van der Waals surface area contributed by atoms with E-state index in [1.165, 1.54) is 6.42 Å². The third-order valence-electron chi connectivity index (χ3n) is 3.38. The second-order valence-electron chi connectivity index (χ2n) is 5.87. The average Bonchev–Trinajstić information content (AvgIpc) is 2.65. The van der Waals surface area contributed by atoms with E-state index in [0.29, 0.717) is 18.5 Å². The van der Waals surface area contributed by atoms with Gasteiger partial charge in [-0.05, 0) is 39.5 Å². The molecule has 0 aliphatic carbocycles. The summed E-state index contributed by atoms with van der Waals surface area (Å²) in [5, 5.41) is 13.2. The number of rotatable bonds is 7. The fourth-order valence-corrected chi connectivity index (χ4v) is 2.30. The molecule has 0 radical (unpaired) electrons. The van der Waals surface area contributed by atoms with Crippen LogP contribution in [0.3, 0.4) is 0 Å². The Bertz CT molecular complexity index is 209. The lowest BCUT2D eigenvalue weighted by Crippen LogP contribution is -2.39. The zero-order valence-corrected chi connectivity index (χ0v) is 11.8. The number of β-amino-alcohol motifs (C(OH)–C–C–N with tert-alkyl or cyclic N) is 1. The highest BCUT2D eigenvalue weighted by Gasteiger charge is 2.25. The number of likely N-dealkylation sites (N-methyl/N-ethyl adjacent to an activating group) is 1. The van der Waals surface area contributed by atoms with Gasteiger partial charge in [0.1, 0.15) is 0 Å². The molecule has 0 aromatic carbocycles. The van der Waals surface area contributed by atoms with Gasteiger partial charge in [-0.25, -0.2) is 0 Å². The number of nitrogens with zero attached hydrogens (tertiary/aromatic N) is 2. The quantitative estimate of drug-likeness (QED) is 0.671. The van der Waals surface area contributed by atoms with E-state index >= 15 is 0 Å². The van der Waals surface area contributed by atoms with Gasteiger partial charge in [0.25, 0.3) is 0 Å². The SMILES string of the molecule is CC(C)CNCC(O)CN1CCC(N(C)C)C1. The van der Waals surface area contributed by atoms with E-state index in [1.807, 2.05) is 0 Å². The van der Waals surface area contributed by atoms with Crippen molar-refractivity contribution in [2.75, 3.05) is 46.8 Å². The lowest BCUT2D eigenvalue weighted by Gasteiger charge is -2.22. The summed E-state index contributed by atoms with van der Waals surface area (Å²) < 4.78 is 0. The first-order chi connectivity index (χ1) is 7.99. The van der Waals surface area contributed by atoms with Gasteiger partial charge in [0.2, 0.25) is 0 Å². The molecule has 1 fully saturated rings. The molecule has 0 bridgehead atoms. The van der Waals surface area contributed by atoms with Gasteiger partial charge in [-0.3, -0.25) is 4.90 Å². The van der Waals surface area contributed by atoms with Crippen LogP contribution in [-0.2, 0) is 0 Å². The second-order valence-corrected chi connectivity index (χ2v) is 5.87. The lowest BCUT2D eigenvalue weighted by molar-refractivity contribution is 0.119. The highest BCUT2D eigenvalue weighted by Crippen LogP contribution is 2.13. The smallest absolute Gasteiger partial charge is 0.0791 e. The van der Waals surface area contributed by atoms with Crippen LogP contribution in [0.4, 0.5) is 0 Å². The van der Waals surface area contributed by atoms with E-state index in [1.54, 1.807) is 0 Å². The summed E-state index contributed by atoms with van der Waals surface area (Å²) in [6.07, 6.45) is 0.980. The van der Waals surface area contributed by atoms with Crippen molar-refractivity contribution in [2.45, 2.75) is 32.4 Å². The molecule has 1 rings (SSSR count). The Labute approximate surface area is 106 Å². The second kappa shape index (κ2) is 7.31. The Kier molecular flexibility index (Phi) is 6.41. The molecule has 1 heterocycles. The number of hydrogen-bond acceptors (Lipinski definition) is 4. The maximum absolute atomic E-state index is 9.93. The molecule has 2 N–H and O–H groups in total. The lowest BCUT2D eigenvalue weighted by atomic mass is 10.2. The molecule has 1 saturated heterocycles. The summed E-state index contributed by atoms with van der Waals surface area (Å²) in [6, 6.07) is 0.658. The van der Waals surface area contributed by atoms with Crippen molar-refractivity contribution in [1.82, 2.24) is 15.1 Å². The van der Waals surface area contributed by atoms with Crippen LogP contribution in [0.2, 0.25) is 0 Å².